The first kappa shape index (κ1) is 89.4. The zero-order chi connectivity index (χ0) is 83.1. The summed E-state index contributed by atoms with van der Waals surface area (Å²) >= 11 is 48.2. The van der Waals surface area contributed by atoms with Crippen molar-refractivity contribution in [1.29, 1.82) is 0 Å². The summed E-state index contributed by atoms with van der Waals surface area (Å²) < 4.78 is 137. The van der Waals surface area contributed by atoms with Gasteiger partial charge in [0.05, 0.1) is 53.9 Å². The number of hydrogen-bond donors (Lipinski definition) is 0. The summed E-state index contributed by atoms with van der Waals surface area (Å²) in [6.45, 7) is 5.39. The van der Waals surface area contributed by atoms with Crippen LogP contribution in [-0.4, -0.2) is 190 Å². The van der Waals surface area contributed by atoms with Crippen LogP contribution in [0.15, 0.2) is 179 Å². The van der Waals surface area contributed by atoms with E-state index in [1.807, 2.05) is 71.8 Å². The lowest BCUT2D eigenvalue weighted by Gasteiger charge is -2.32. The lowest BCUT2D eigenvalue weighted by molar-refractivity contribution is 0.0750. The first-order chi connectivity index (χ1) is 54.4. The molecule has 20 nitrogen and oxygen atoms in total. The molecule has 38 heteroatoms. The summed E-state index contributed by atoms with van der Waals surface area (Å²) in [5.74, 6) is -2.03. The van der Waals surface area contributed by atoms with Gasteiger partial charge in [-0.2, -0.15) is 0 Å². The van der Waals surface area contributed by atoms with E-state index < -0.39 is 87.2 Å². The molecule has 610 valence electrons. The number of rotatable bonds is 10. The van der Waals surface area contributed by atoms with E-state index in [4.69, 9.17) is 81.2 Å². The van der Waals surface area contributed by atoms with Crippen molar-refractivity contribution in [3.05, 3.63) is 283 Å². The summed E-state index contributed by atoms with van der Waals surface area (Å²) in [5, 5.41) is 8.40. The molecule has 15 rings (SSSR count). The molecule has 10 aromatic rings. The third-order valence-electron chi connectivity index (χ3n) is 19.4. The van der Waals surface area contributed by atoms with Crippen LogP contribution >= 0.6 is 138 Å². The van der Waals surface area contributed by atoms with E-state index in [9.17, 15) is 70.5 Å². The van der Waals surface area contributed by atoms with E-state index in [1.54, 1.807) is 110 Å². The van der Waals surface area contributed by atoms with Crippen LogP contribution in [0, 0.1) is 19.7 Å². The first-order valence-corrected chi connectivity index (χ1v) is 50.6. The highest BCUT2D eigenvalue weighted by atomic mass is 35.5. The predicted octanol–water partition coefficient (Wildman–Crippen LogP) is 17.1. The van der Waals surface area contributed by atoms with Gasteiger partial charge in [-0.1, -0.05) is 112 Å². The number of amides is 5. The highest BCUT2D eigenvalue weighted by Crippen LogP contribution is 2.39. The van der Waals surface area contributed by atoms with Crippen molar-refractivity contribution in [2.24, 2.45) is 0 Å². The minimum absolute atomic E-state index is 0.00607. The van der Waals surface area contributed by atoms with Crippen LogP contribution in [0.2, 0.25) is 35.2 Å². The molecular formula is C77H71Cl7FN5O15S10. The van der Waals surface area contributed by atoms with Crippen molar-refractivity contribution in [2.45, 2.75) is 40.1 Å². The minimum Gasteiger partial charge on any atom is -0.336 e. The van der Waals surface area contributed by atoms with Crippen molar-refractivity contribution < 1.29 is 70.5 Å². The van der Waals surface area contributed by atoms with Gasteiger partial charge in [-0.25, -0.2) is 46.5 Å². The number of aryl methyl sites for hydroxylation is 2. The molecule has 5 fully saturated rings. The number of hydrogen-bond acceptors (Lipinski definition) is 20. The summed E-state index contributed by atoms with van der Waals surface area (Å²) in [6, 6.07) is 41.5. The van der Waals surface area contributed by atoms with Crippen molar-refractivity contribution in [1.82, 2.24) is 24.5 Å². The van der Waals surface area contributed by atoms with Crippen LogP contribution in [0.25, 0.3) is 0 Å². The summed E-state index contributed by atoms with van der Waals surface area (Å²) in [6.07, 6.45) is 0. The average molecular weight is 1890 g/mol. The maximum Gasteiger partial charge on any atom is 0.254 e. The second kappa shape index (κ2) is 38.4. The number of benzene rings is 5. The van der Waals surface area contributed by atoms with Crippen LogP contribution in [0.1, 0.15) is 114 Å². The fourth-order valence-corrected chi connectivity index (χ4v) is 28.4. The van der Waals surface area contributed by atoms with Gasteiger partial charge in [0.15, 0.2) is 49.2 Å². The van der Waals surface area contributed by atoms with Crippen molar-refractivity contribution in [3.8, 4) is 0 Å². The SMILES string of the molecule is Cc1cc(C(=O)N2CCS(=O)(=O)[C@@H](c3cccs3)C2)ccc1Cl.Cc1cc(C(=O)N2CCS(=O)(=O)[C@H](c3cccs3)C2)ccc1Cl.O=C(c1ccc(Cl)c(Cl)c1)N1CCS(=O)(=O)[C@@H](c2cccs2)C1.O=C(c1ccc(Cl)c(Cl)c1)N1CCS(=O)(=O)[C@H](c2cccs2)C1.O=C(c1ccc(Cl)c(F)c1)N1CCS(=O)(=O)[C@H](c2cccs2)C1. The van der Waals surface area contributed by atoms with Gasteiger partial charge in [0.1, 0.15) is 32.1 Å². The third kappa shape index (κ3) is 22.0. The largest absolute Gasteiger partial charge is 0.336 e. The van der Waals surface area contributed by atoms with Gasteiger partial charge in [-0.05, 0) is 173 Å². The smallest absolute Gasteiger partial charge is 0.254 e. The van der Waals surface area contributed by atoms with Crippen LogP contribution in [0.3, 0.4) is 0 Å². The lowest BCUT2D eigenvalue weighted by atomic mass is 10.1. The molecule has 5 aliphatic heterocycles. The number of thiophene rings is 5. The molecule has 5 atom stereocenters. The first-order valence-electron chi connectivity index (χ1n) is 35.0. The van der Waals surface area contributed by atoms with Gasteiger partial charge in [0.2, 0.25) is 0 Å². The van der Waals surface area contributed by atoms with Crippen LogP contribution in [0.5, 0.6) is 0 Å². The molecule has 0 spiro atoms. The van der Waals surface area contributed by atoms with Gasteiger partial charge in [0.25, 0.3) is 29.5 Å². The maximum absolute atomic E-state index is 13.5. The number of sulfone groups is 5. The van der Waals surface area contributed by atoms with Crippen LogP contribution < -0.4 is 0 Å². The minimum atomic E-state index is -3.29. The van der Waals surface area contributed by atoms with E-state index >= 15 is 0 Å². The Morgan fingerprint density at radius 1 is 0.296 bits per heavy atom. The Morgan fingerprint density at radius 2 is 0.504 bits per heavy atom. The zero-order valence-electron chi connectivity index (χ0n) is 60.8. The molecule has 0 saturated carbocycles. The predicted molar refractivity (Wildman–Crippen MR) is 460 cm³/mol. The monoisotopic (exact) mass is 1890 g/mol. The summed E-state index contributed by atoms with van der Waals surface area (Å²) in [5.41, 5.74) is 3.71. The van der Waals surface area contributed by atoms with Crippen LogP contribution in [0.4, 0.5) is 4.39 Å². The Hall–Kier alpha value is -6.34. The van der Waals surface area contributed by atoms with Gasteiger partial charge in [0, 0.05) is 128 Å². The second-order valence-electron chi connectivity index (χ2n) is 26.9. The van der Waals surface area contributed by atoms with E-state index in [0.29, 0.717) is 57.3 Å². The number of nitrogens with zero attached hydrogens (tertiary/aromatic N) is 5. The van der Waals surface area contributed by atoms with Crippen molar-refractivity contribution in [2.75, 3.05) is 94.2 Å². The van der Waals surface area contributed by atoms with E-state index in [2.05, 4.69) is 0 Å². The average Bonchev–Trinajstić information content (AvgIpc) is 1.80. The molecule has 0 aliphatic carbocycles. The number of carbonyl (C=O) groups is 5. The van der Waals surface area contributed by atoms with E-state index in [0.717, 1.165) is 36.7 Å². The van der Waals surface area contributed by atoms with Crippen LogP contribution in [-0.2, 0) is 49.2 Å². The van der Waals surface area contributed by atoms with Gasteiger partial charge in [-0.15, -0.1) is 56.7 Å². The van der Waals surface area contributed by atoms with Gasteiger partial charge < -0.3 is 24.5 Å². The molecule has 0 N–H and O–H groups in total. The quantitative estimate of drug-likeness (QED) is 0.123. The Balaban J connectivity index is 0.000000142. The normalized spacial score (nSPS) is 20.4. The molecule has 5 saturated heterocycles. The molecule has 115 heavy (non-hydrogen) atoms. The molecule has 5 aromatic heterocycles. The van der Waals surface area contributed by atoms with Crippen molar-refractivity contribution in [3.63, 3.8) is 0 Å². The molecule has 10 heterocycles. The number of carbonyl (C=O) groups excluding carboxylic acids is 5. The standard InChI is InChI=1S/2C16H16ClNO3S2.2C15H13Cl2NO3S2.C15H13ClFNO3S2/c2*1-11-9-12(4-5-13(11)17)16(19)18-6-8-23(20,21)15(10-18)14-3-2-7-22-14;3*16-11-4-3-10(8-12(11)17)15(19)18-5-7-23(20,21)14(9-18)13-2-1-6-22-13/h2*2-5,7,9,15H,6,8,10H2,1H3;3*1-4,6,8,14H,5,7,9H2/t2*15-;3*14-/m10100/s1. The Morgan fingerprint density at radius 3 is 0.704 bits per heavy atom. The molecule has 5 aliphatic rings. The van der Waals surface area contributed by atoms with Crippen molar-refractivity contribution >= 4 is 217 Å². The fourth-order valence-electron chi connectivity index (χ4n) is 12.9. The highest BCUT2D eigenvalue weighted by Gasteiger charge is 2.42. The summed E-state index contributed by atoms with van der Waals surface area (Å²) in [7, 11) is -16.2. The molecule has 0 bridgehead atoms. The zero-order valence-corrected chi connectivity index (χ0v) is 74.2. The number of halogens is 8. The Bertz CT molecular complexity index is 4990. The highest BCUT2D eigenvalue weighted by molar-refractivity contribution is 7.93. The van der Waals surface area contributed by atoms with E-state index in [1.165, 1.54) is 85.8 Å². The van der Waals surface area contributed by atoms with Gasteiger partial charge >= 0.3 is 0 Å². The van der Waals surface area contributed by atoms with E-state index in [-0.39, 0.29) is 128 Å². The lowest BCUT2D eigenvalue weighted by Crippen LogP contribution is -2.45. The third-order valence-corrected chi connectivity index (χ3v) is 37.8. The molecule has 5 aromatic carbocycles. The summed E-state index contributed by atoms with van der Waals surface area (Å²) in [4.78, 5) is 74.7. The molecule has 0 unspecified atom stereocenters. The van der Waals surface area contributed by atoms with Gasteiger partial charge in [-0.3, -0.25) is 24.0 Å². The Kier molecular flexibility index (Phi) is 29.8. The molecular weight excluding hydrogens is 1820 g/mol. The second-order valence-corrected chi connectivity index (χ2v) is 46.2. The fraction of sp³-hybridized carbons (Fsp3) is 0.286. The maximum atomic E-state index is 13.5. The Labute approximate surface area is 721 Å². The molecule has 5 amide bonds. The topological polar surface area (TPSA) is 272 Å². The molecule has 0 radical (unpaired) electrons.